The van der Waals surface area contributed by atoms with Gasteiger partial charge in [0.1, 0.15) is 0 Å². The van der Waals surface area contributed by atoms with Crippen LogP contribution in [0.5, 0.6) is 0 Å². The number of para-hydroxylation sites is 1. The van der Waals surface area contributed by atoms with Gasteiger partial charge in [0, 0.05) is 17.6 Å². The third kappa shape index (κ3) is 3.52. The van der Waals surface area contributed by atoms with Crippen LogP contribution in [0.25, 0.3) is 16.9 Å². The van der Waals surface area contributed by atoms with E-state index in [-0.39, 0.29) is 0 Å². The van der Waals surface area contributed by atoms with Crippen LogP contribution in [-0.2, 0) is 16.3 Å². The third-order valence-corrected chi connectivity index (χ3v) is 5.49. The molecule has 0 bridgehead atoms. The summed E-state index contributed by atoms with van der Waals surface area (Å²) in [7, 11) is -3.20. The first-order valence-corrected chi connectivity index (χ1v) is 10.1. The largest absolute Gasteiger partial charge is 0.330 e. The molecule has 3 aromatic rings. The third-order valence-electron chi connectivity index (χ3n) is 4.36. The van der Waals surface area contributed by atoms with E-state index in [0.29, 0.717) is 11.4 Å². The van der Waals surface area contributed by atoms with Crippen molar-refractivity contribution in [1.82, 2.24) is 4.57 Å². The molecule has 5 heteroatoms. The second-order valence-corrected chi connectivity index (χ2v) is 8.16. The van der Waals surface area contributed by atoms with Gasteiger partial charge in [0.25, 0.3) is 0 Å². The van der Waals surface area contributed by atoms with Gasteiger partial charge in [-0.3, -0.25) is 0 Å². The summed E-state index contributed by atoms with van der Waals surface area (Å²) in [4.78, 5) is 0.327. The van der Waals surface area contributed by atoms with E-state index >= 15 is 0 Å². The van der Waals surface area contributed by atoms with Crippen LogP contribution < -0.4 is 5.73 Å². The Morgan fingerprint density at radius 3 is 2.20 bits per heavy atom. The van der Waals surface area contributed by atoms with Crippen LogP contribution in [0.15, 0.2) is 65.6 Å². The summed E-state index contributed by atoms with van der Waals surface area (Å²) in [6, 6.07) is 19.3. The Balaban J connectivity index is 2.17. The van der Waals surface area contributed by atoms with Crippen molar-refractivity contribution < 1.29 is 8.42 Å². The van der Waals surface area contributed by atoms with Gasteiger partial charge in [-0.2, -0.15) is 0 Å². The molecule has 0 radical (unpaired) electrons. The number of rotatable bonds is 5. The highest BCUT2D eigenvalue weighted by Crippen LogP contribution is 2.30. The second-order valence-electron chi connectivity index (χ2n) is 6.15. The highest BCUT2D eigenvalue weighted by molar-refractivity contribution is 7.90. The van der Waals surface area contributed by atoms with Crippen molar-refractivity contribution in [2.75, 3.05) is 12.8 Å². The maximum Gasteiger partial charge on any atom is 0.175 e. The minimum Gasteiger partial charge on any atom is -0.330 e. The molecular weight excluding hydrogens is 332 g/mol. The maximum absolute atomic E-state index is 11.7. The zero-order chi connectivity index (χ0) is 18.0. The summed E-state index contributed by atoms with van der Waals surface area (Å²) in [5, 5.41) is 0. The fourth-order valence-electron chi connectivity index (χ4n) is 3.06. The molecule has 0 amide bonds. The molecule has 4 nitrogen and oxygen atoms in total. The molecule has 0 atom stereocenters. The first kappa shape index (κ1) is 17.5. The van der Waals surface area contributed by atoms with Crippen molar-refractivity contribution in [2.24, 2.45) is 5.73 Å². The molecule has 25 heavy (non-hydrogen) atoms. The van der Waals surface area contributed by atoms with Crippen LogP contribution in [0.4, 0.5) is 0 Å². The van der Waals surface area contributed by atoms with Gasteiger partial charge < -0.3 is 10.3 Å². The molecule has 0 spiro atoms. The van der Waals surface area contributed by atoms with Crippen LogP contribution in [0.1, 0.15) is 11.3 Å². The summed E-state index contributed by atoms with van der Waals surface area (Å²) >= 11 is 0. The van der Waals surface area contributed by atoms with E-state index in [2.05, 4.69) is 29.7 Å². The summed E-state index contributed by atoms with van der Waals surface area (Å²) in [5.74, 6) is 0. The fraction of sp³-hybridized carbons (Fsp3) is 0.200. The van der Waals surface area contributed by atoms with Crippen LogP contribution in [0.3, 0.4) is 0 Å². The minimum atomic E-state index is -3.20. The van der Waals surface area contributed by atoms with Crippen LogP contribution >= 0.6 is 0 Å². The summed E-state index contributed by atoms with van der Waals surface area (Å²) in [5.41, 5.74) is 11.2. The average molecular weight is 354 g/mol. The fourth-order valence-corrected chi connectivity index (χ4v) is 3.69. The van der Waals surface area contributed by atoms with Gasteiger partial charge in [0.2, 0.25) is 0 Å². The molecule has 3 rings (SSSR count). The van der Waals surface area contributed by atoms with Gasteiger partial charge in [-0.05, 0) is 61.3 Å². The molecule has 0 fully saturated rings. The molecule has 0 saturated heterocycles. The molecule has 130 valence electrons. The zero-order valence-corrected chi connectivity index (χ0v) is 15.3. The Morgan fingerprint density at radius 1 is 1.00 bits per heavy atom. The Kier molecular flexibility index (Phi) is 4.79. The lowest BCUT2D eigenvalue weighted by atomic mass is 10.1. The summed E-state index contributed by atoms with van der Waals surface area (Å²) < 4.78 is 25.6. The van der Waals surface area contributed by atoms with Gasteiger partial charge >= 0.3 is 0 Å². The lowest BCUT2D eigenvalue weighted by Crippen LogP contribution is -2.04. The predicted octanol–water partition coefficient (Wildman–Crippen LogP) is 3.36. The van der Waals surface area contributed by atoms with E-state index < -0.39 is 9.84 Å². The first-order valence-electron chi connectivity index (χ1n) is 8.19. The van der Waals surface area contributed by atoms with Crippen molar-refractivity contribution in [3.8, 4) is 16.9 Å². The second kappa shape index (κ2) is 6.86. The quantitative estimate of drug-likeness (QED) is 0.764. The molecule has 1 heterocycles. The Hall–Kier alpha value is -2.37. The zero-order valence-electron chi connectivity index (χ0n) is 14.4. The highest BCUT2D eigenvalue weighted by Gasteiger charge is 2.15. The van der Waals surface area contributed by atoms with E-state index in [4.69, 9.17) is 5.73 Å². The van der Waals surface area contributed by atoms with Gasteiger partial charge in [0.05, 0.1) is 10.6 Å². The SMILES string of the molecule is Cc1c(CCN)cc(-c2ccc(S(C)(=O)=O)cc2)n1-c1ccccc1. The maximum atomic E-state index is 11.7. The smallest absolute Gasteiger partial charge is 0.175 e. The van der Waals surface area contributed by atoms with Crippen molar-refractivity contribution in [3.05, 3.63) is 71.9 Å². The van der Waals surface area contributed by atoms with E-state index in [9.17, 15) is 8.42 Å². The van der Waals surface area contributed by atoms with Crippen LogP contribution in [0, 0.1) is 6.92 Å². The van der Waals surface area contributed by atoms with E-state index in [0.717, 1.165) is 29.1 Å². The van der Waals surface area contributed by atoms with Crippen LogP contribution in [-0.4, -0.2) is 25.8 Å². The molecule has 0 aliphatic rings. The molecule has 2 N–H and O–H groups in total. The van der Waals surface area contributed by atoms with Crippen molar-refractivity contribution in [1.29, 1.82) is 0 Å². The molecule has 0 unspecified atom stereocenters. The Morgan fingerprint density at radius 2 is 1.64 bits per heavy atom. The Bertz CT molecular complexity index is 973. The van der Waals surface area contributed by atoms with Crippen molar-refractivity contribution in [3.63, 3.8) is 0 Å². The van der Waals surface area contributed by atoms with Gasteiger partial charge in [-0.1, -0.05) is 30.3 Å². The van der Waals surface area contributed by atoms with Gasteiger partial charge in [-0.25, -0.2) is 8.42 Å². The number of nitrogens with two attached hydrogens (primary N) is 1. The van der Waals surface area contributed by atoms with Crippen molar-refractivity contribution in [2.45, 2.75) is 18.2 Å². The molecule has 2 aromatic carbocycles. The molecule has 1 aromatic heterocycles. The normalized spacial score (nSPS) is 11.6. The highest BCUT2D eigenvalue weighted by atomic mass is 32.2. The number of aromatic nitrogens is 1. The Labute approximate surface area is 148 Å². The van der Waals surface area contributed by atoms with E-state index in [1.807, 2.05) is 30.3 Å². The van der Waals surface area contributed by atoms with Gasteiger partial charge in [-0.15, -0.1) is 0 Å². The van der Waals surface area contributed by atoms with Gasteiger partial charge in [0.15, 0.2) is 9.84 Å². The first-order chi connectivity index (χ1) is 11.9. The number of hydrogen-bond donors (Lipinski definition) is 1. The minimum absolute atomic E-state index is 0.327. The number of benzene rings is 2. The average Bonchev–Trinajstić information content (AvgIpc) is 2.92. The summed E-state index contributed by atoms with van der Waals surface area (Å²) in [6.45, 7) is 2.68. The van der Waals surface area contributed by atoms with E-state index in [1.165, 1.54) is 11.8 Å². The molecule has 0 aliphatic carbocycles. The van der Waals surface area contributed by atoms with Crippen LogP contribution in [0.2, 0.25) is 0 Å². The topological polar surface area (TPSA) is 65.1 Å². The number of nitrogens with zero attached hydrogens (tertiary/aromatic N) is 1. The monoisotopic (exact) mass is 354 g/mol. The molecule has 0 aliphatic heterocycles. The lowest BCUT2D eigenvalue weighted by molar-refractivity contribution is 0.602. The summed E-state index contributed by atoms with van der Waals surface area (Å²) in [6.07, 6.45) is 2.03. The van der Waals surface area contributed by atoms with E-state index in [1.54, 1.807) is 12.1 Å². The standard InChI is InChI=1S/C20H22N2O2S/c1-15-17(12-13-21)14-20(22(15)18-6-4-3-5-7-18)16-8-10-19(11-9-16)25(2,23)24/h3-11,14H,12-13,21H2,1-2H3. The van der Waals surface area contributed by atoms with Crippen molar-refractivity contribution >= 4 is 9.84 Å². The number of sulfone groups is 1. The number of hydrogen-bond acceptors (Lipinski definition) is 3. The lowest BCUT2D eigenvalue weighted by Gasteiger charge is -2.12. The molecule has 0 saturated carbocycles. The predicted molar refractivity (Wildman–Crippen MR) is 102 cm³/mol. The molecular formula is C20H22N2O2S.